The molecule has 74 valence electrons. The van der Waals surface area contributed by atoms with E-state index in [4.69, 9.17) is 5.84 Å². The summed E-state index contributed by atoms with van der Waals surface area (Å²) in [5.41, 5.74) is 0. The van der Waals surface area contributed by atoms with Crippen LogP contribution in [0.15, 0.2) is 22.7 Å². The van der Waals surface area contributed by atoms with Gasteiger partial charge in [0.1, 0.15) is 0 Å². The lowest BCUT2D eigenvalue weighted by atomic mass is 10.4. The third-order valence-electron chi connectivity index (χ3n) is 1.68. The Kier molecular flexibility index (Phi) is 2.74. The second kappa shape index (κ2) is 4.02. The zero-order valence-electron chi connectivity index (χ0n) is 7.67. The van der Waals surface area contributed by atoms with Gasteiger partial charge in [-0.3, -0.25) is 0 Å². The average molecular weight is 226 g/mol. The Morgan fingerprint density at radius 2 is 2.43 bits per heavy atom. The smallest absolute Gasteiger partial charge is 0.210 e. The van der Waals surface area contributed by atoms with Crippen molar-refractivity contribution in [3.63, 3.8) is 0 Å². The van der Waals surface area contributed by atoms with Gasteiger partial charge in [0, 0.05) is 0 Å². The van der Waals surface area contributed by atoms with Crippen LogP contribution in [0, 0.1) is 0 Å². The molecule has 0 radical (unpaired) electrons. The molecule has 0 unspecified atom stereocenters. The highest BCUT2D eigenvalue weighted by atomic mass is 32.2. The first-order valence-electron chi connectivity index (χ1n) is 4.20. The van der Waals surface area contributed by atoms with Crippen LogP contribution in [0.5, 0.6) is 0 Å². The Hall–Kier alpha value is -1.01. The van der Waals surface area contributed by atoms with E-state index >= 15 is 0 Å². The molecule has 2 rings (SSSR count). The van der Waals surface area contributed by atoms with Crippen LogP contribution in [0.4, 0.5) is 0 Å². The predicted octanol–water partition coefficient (Wildman–Crippen LogP) is 1.83. The van der Waals surface area contributed by atoms with Gasteiger partial charge in [-0.2, -0.15) is 0 Å². The molecule has 2 N–H and O–H groups in total. The molecular weight excluding hydrogens is 216 g/mol. The Bertz CT molecular complexity index is 407. The van der Waals surface area contributed by atoms with Gasteiger partial charge in [-0.05, 0) is 17.2 Å². The predicted molar refractivity (Wildman–Crippen MR) is 59.9 cm³/mol. The van der Waals surface area contributed by atoms with Crippen LogP contribution in [0.25, 0.3) is 10.7 Å². The van der Waals surface area contributed by atoms with Crippen molar-refractivity contribution < 1.29 is 0 Å². The summed E-state index contributed by atoms with van der Waals surface area (Å²) in [5, 5.41) is 10.8. The van der Waals surface area contributed by atoms with Crippen LogP contribution in [-0.2, 0) is 0 Å². The van der Waals surface area contributed by atoms with E-state index < -0.39 is 0 Å². The third-order valence-corrected chi connectivity index (χ3v) is 3.37. The van der Waals surface area contributed by atoms with Crippen molar-refractivity contribution in [1.82, 2.24) is 14.9 Å². The van der Waals surface area contributed by atoms with Crippen LogP contribution in [0.1, 0.15) is 6.92 Å². The fourth-order valence-electron chi connectivity index (χ4n) is 1.08. The summed E-state index contributed by atoms with van der Waals surface area (Å²) in [5.74, 6) is 7.53. The van der Waals surface area contributed by atoms with Gasteiger partial charge in [-0.1, -0.05) is 24.8 Å². The average Bonchev–Trinajstić information content (AvgIpc) is 2.77. The SMILES string of the molecule is CCSc1nnc(-c2cccs2)n1N. The lowest BCUT2D eigenvalue weighted by Gasteiger charge is -1.99. The van der Waals surface area contributed by atoms with Crippen LogP contribution < -0.4 is 5.84 Å². The van der Waals surface area contributed by atoms with Crippen molar-refractivity contribution in [2.75, 3.05) is 11.6 Å². The molecule has 0 aliphatic heterocycles. The van der Waals surface area contributed by atoms with E-state index in [2.05, 4.69) is 17.1 Å². The summed E-state index contributed by atoms with van der Waals surface area (Å²) in [4.78, 5) is 1.04. The van der Waals surface area contributed by atoms with E-state index in [0.717, 1.165) is 21.6 Å². The Balaban J connectivity index is 2.36. The van der Waals surface area contributed by atoms with Crippen LogP contribution in [0.2, 0.25) is 0 Å². The molecule has 2 heterocycles. The molecule has 0 spiro atoms. The summed E-state index contributed by atoms with van der Waals surface area (Å²) in [7, 11) is 0. The van der Waals surface area contributed by atoms with Gasteiger partial charge in [-0.25, -0.2) is 4.68 Å². The van der Waals surface area contributed by atoms with Gasteiger partial charge in [0.15, 0.2) is 5.82 Å². The monoisotopic (exact) mass is 226 g/mol. The van der Waals surface area contributed by atoms with Gasteiger partial charge in [0.25, 0.3) is 0 Å². The summed E-state index contributed by atoms with van der Waals surface area (Å²) in [6.45, 7) is 2.06. The fraction of sp³-hybridized carbons (Fsp3) is 0.250. The number of thiophene rings is 1. The van der Waals surface area contributed by atoms with E-state index in [1.165, 1.54) is 0 Å². The van der Waals surface area contributed by atoms with Crippen LogP contribution >= 0.6 is 23.1 Å². The number of nitrogens with zero attached hydrogens (tertiary/aromatic N) is 3. The quantitative estimate of drug-likeness (QED) is 0.641. The van der Waals surface area contributed by atoms with Crippen molar-refractivity contribution in [2.45, 2.75) is 12.1 Å². The summed E-state index contributed by atoms with van der Waals surface area (Å²) >= 11 is 3.20. The lowest BCUT2D eigenvalue weighted by molar-refractivity contribution is 0.851. The first kappa shape index (κ1) is 9.54. The number of aromatic nitrogens is 3. The molecule has 2 aromatic rings. The van der Waals surface area contributed by atoms with Gasteiger partial charge >= 0.3 is 0 Å². The highest BCUT2D eigenvalue weighted by Crippen LogP contribution is 2.24. The van der Waals surface area contributed by atoms with E-state index in [0.29, 0.717) is 0 Å². The maximum absolute atomic E-state index is 5.86. The Labute approximate surface area is 90.1 Å². The van der Waals surface area contributed by atoms with Gasteiger partial charge in [-0.15, -0.1) is 21.5 Å². The van der Waals surface area contributed by atoms with E-state index in [-0.39, 0.29) is 0 Å². The highest BCUT2D eigenvalue weighted by molar-refractivity contribution is 7.99. The first-order chi connectivity index (χ1) is 6.83. The molecule has 0 saturated carbocycles. The van der Waals surface area contributed by atoms with Crippen molar-refractivity contribution in [2.24, 2.45) is 0 Å². The summed E-state index contributed by atoms with van der Waals surface area (Å²) in [6.07, 6.45) is 0. The molecule has 0 aromatic carbocycles. The maximum atomic E-state index is 5.86. The standard InChI is InChI=1S/C8H10N4S2/c1-2-13-8-11-10-7(12(8)9)6-4-3-5-14-6/h3-5H,2,9H2,1H3. The minimum Gasteiger partial charge on any atom is -0.335 e. The molecule has 0 saturated heterocycles. The zero-order valence-corrected chi connectivity index (χ0v) is 9.31. The maximum Gasteiger partial charge on any atom is 0.210 e. The minimum absolute atomic E-state index is 0.732. The van der Waals surface area contributed by atoms with Crippen LogP contribution in [0.3, 0.4) is 0 Å². The molecular formula is C8H10N4S2. The summed E-state index contributed by atoms with van der Waals surface area (Å²) in [6, 6.07) is 3.96. The Morgan fingerprint density at radius 1 is 1.57 bits per heavy atom. The normalized spacial score (nSPS) is 10.6. The van der Waals surface area contributed by atoms with E-state index in [1.54, 1.807) is 27.8 Å². The number of hydrogen-bond donors (Lipinski definition) is 1. The highest BCUT2D eigenvalue weighted by Gasteiger charge is 2.11. The van der Waals surface area contributed by atoms with E-state index in [9.17, 15) is 0 Å². The number of hydrogen-bond acceptors (Lipinski definition) is 5. The Morgan fingerprint density at radius 3 is 3.07 bits per heavy atom. The summed E-state index contributed by atoms with van der Waals surface area (Å²) < 4.78 is 1.54. The van der Waals surface area contributed by atoms with Gasteiger partial charge in [0.05, 0.1) is 4.88 Å². The molecule has 0 fully saturated rings. The molecule has 0 atom stereocenters. The minimum atomic E-state index is 0.732. The van der Waals surface area contributed by atoms with Crippen molar-refractivity contribution in [3.8, 4) is 10.7 Å². The van der Waals surface area contributed by atoms with Crippen molar-refractivity contribution in [3.05, 3.63) is 17.5 Å². The number of rotatable bonds is 3. The fourth-order valence-corrected chi connectivity index (χ4v) is 2.37. The topological polar surface area (TPSA) is 56.7 Å². The van der Waals surface area contributed by atoms with Gasteiger partial charge in [0.2, 0.25) is 5.16 Å². The second-order valence-corrected chi connectivity index (χ2v) is 4.77. The largest absolute Gasteiger partial charge is 0.335 e. The second-order valence-electron chi connectivity index (χ2n) is 2.59. The lowest BCUT2D eigenvalue weighted by Crippen LogP contribution is -2.11. The molecule has 0 aliphatic carbocycles. The van der Waals surface area contributed by atoms with E-state index in [1.807, 2.05) is 17.5 Å². The third kappa shape index (κ3) is 1.62. The van der Waals surface area contributed by atoms with Gasteiger partial charge < -0.3 is 5.84 Å². The van der Waals surface area contributed by atoms with Crippen LogP contribution in [-0.4, -0.2) is 20.6 Å². The molecule has 0 amide bonds. The molecule has 14 heavy (non-hydrogen) atoms. The molecule has 4 nitrogen and oxygen atoms in total. The first-order valence-corrected chi connectivity index (χ1v) is 6.06. The number of nitrogens with two attached hydrogens (primary N) is 1. The molecule has 2 aromatic heterocycles. The molecule has 0 bridgehead atoms. The van der Waals surface area contributed by atoms with Crippen molar-refractivity contribution >= 4 is 23.1 Å². The zero-order chi connectivity index (χ0) is 9.97. The number of nitrogen functional groups attached to an aromatic ring is 1. The van der Waals surface area contributed by atoms with Crippen molar-refractivity contribution in [1.29, 1.82) is 0 Å². The number of thioether (sulfide) groups is 1. The molecule has 0 aliphatic rings. The molecule has 6 heteroatoms.